The van der Waals surface area contributed by atoms with E-state index in [2.05, 4.69) is 15.6 Å². The van der Waals surface area contributed by atoms with Gasteiger partial charge in [-0.05, 0) is 60.7 Å². The van der Waals surface area contributed by atoms with Crippen molar-refractivity contribution in [3.63, 3.8) is 0 Å². The normalized spacial score (nSPS) is 16.8. The topological polar surface area (TPSA) is 108 Å². The summed E-state index contributed by atoms with van der Waals surface area (Å²) >= 11 is 12.4. The number of rotatable bonds is 7. The maximum atomic E-state index is 12.2. The van der Waals surface area contributed by atoms with Crippen LogP contribution in [0.4, 0.5) is 11.4 Å². The third-order valence-electron chi connectivity index (χ3n) is 6.45. The second-order valence-corrected chi connectivity index (χ2v) is 10.2. The Labute approximate surface area is 235 Å². The van der Waals surface area contributed by atoms with Gasteiger partial charge in [0.1, 0.15) is 17.6 Å². The first kappa shape index (κ1) is 26.4. The number of nitrogens with zero attached hydrogens (tertiary/aromatic N) is 2. The minimum atomic E-state index is -1.04. The quantitative estimate of drug-likeness (QED) is 0.221. The van der Waals surface area contributed by atoms with Crippen molar-refractivity contribution >= 4 is 52.2 Å². The van der Waals surface area contributed by atoms with Crippen LogP contribution in [0.5, 0.6) is 0 Å². The lowest BCUT2D eigenvalue weighted by molar-refractivity contribution is -0.118. The molecule has 198 valence electrons. The number of hydrogen-bond acceptors (Lipinski definition) is 5. The summed E-state index contributed by atoms with van der Waals surface area (Å²) in [7, 11) is 0. The number of carbonyl (C=O) groups is 2. The molecule has 1 aliphatic heterocycles. The molecule has 1 aliphatic rings. The van der Waals surface area contributed by atoms with Crippen LogP contribution < -0.4 is 15.5 Å². The molecule has 0 aliphatic carbocycles. The van der Waals surface area contributed by atoms with Gasteiger partial charge in [-0.3, -0.25) is 9.78 Å². The number of benzene rings is 2. The lowest BCUT2D eigenvalue weighted by Gasteiger charge is -2.26. The van der Waals surface area contributed by atoms with Crippen LogP contribution in [0.1, 0.15) is 47.7 Å². The Balaban J connectivity index is 1.57. The number of carbonyl (C=O) groups excluding carboxylic acids is 1. The van der Waals surface area contributed by atoms with Gasteiger partial charge in [-0.1, -0.05) is 49.7 Å². The van der Waals surface area contributed by atoms with Gasteiger partial charge in [0.05, 0.1) is 28.0 Å². The SMILES string of the molecule is CC(C)C(=O)Nc1ccc(N2C(=S)N[C@@H](c3ccccn3)[C@H]2c2ccc(-c3ccccc3C(=O)O)o2)cc1Cl. The van der Waals surface area contributed by atoms with Crippen LogP contribution in [0, 0.1) is 5.92 Å². The molecule has 3 heterocycles. The summed E-state index contributed by atoms with van der Waals surface area (Å²) in [6, 6.07) is 20.4. The van der Waals surface area contributed by atoms with E-state index >= 15 is 0 Å². The smallest absolute Gasteiger partial charge is 0.336 e. The van der Waals surface area contributed by atoms with Crippen LogP contribution in [-0.4, -0.2) is 27.1 Å². The van der Waals surface area contributed by atoms with Gasteiger partial charge in [0.15, 0.2) is 5.11 Å². The summed E-state index contributed by atoms with van der Waals surface area (Å²) in [4.78, 5) is 30.5. The van der Waals surface area contributed by atoms with E-state index in [0.717, 1.165) is 5.69 Å². The largest absolute Gasteiger partial charge is 0.478 e. The fraction of sp³-hybridized carbons (Fsp3) is 0.172. The van der Waals surface area contributed by atoms with E-state index in [1.807, 2.05) is 35.2 Å². The Morgan fingerprint density at radius 2 is 1.87 bits per heavy atom. The van der Waals surface area contributed by atoms with E-state index in [-0.39, 0.29) is 23.4 Å². The summed E-state index contributed by atoms with van der Waals surface area (Å²) < 4.78 is 6.31. The third-order valence-corrected chi connectivity index (χ3v) is 7.08. The predicted octanol–water partition coefficient (Wildman–Crippen LogP) is 6.46. The van der Waals surface area contributed by atoms with Gasteiger partial charge in [0, 0.05) is 23.4 Å². The van der Waals surface area contributed by atoms with Crippen molar-refractivity contribution < 1.29 is 19.1 Å². The summed E-state index contributed by atoms with van der Waals surface area (Å²) in [6.45, 7) is 3.61. The standard InChI is InChI=1S/C29H25ClN4O4S/c1-16(2)27(35)32-21-11-10-17(15-20(21)30)34-26(25(33-29(34)39)22-9-5-6-14-31-22)24-13-12-23(38-24)18-7-3-4-8-19(18)28(36)37/h3-16,25-26H,1-2H3,(H,32,35)(H,33,39)(H,36,37)/t25-,26+/m0/s1. The van der Waals surface area contributed by atoms with E-state index in [1.165, 1.54) is 6.07 Å². The Hall–Kier alpha value is -4.21. The van der Waals surface area contributed by atoms with Gasteiger partial charge in [-0.15, -0.1) is 0 Å². The monoisotopic (exact) mass is 560 g/mol. The van der Waals surface area contributed by atoms with Gasteiger partial charge >= 0.3 is 5.97 Å². The van der Waals surface area contributed by atoms with E-state index in [4.69, 9.17) is 28.2 Å². The van der Waals surface area contributed by atoms with E-state index in [1.54, 1.807) is 56.4 Å². The average Bonchev–Trinajstić information content (AvgIpc) is 3.54. The summed E-state index contributed by atoms with van der Waals surface area (Å²) in [5, 5.41) is 16.7. The molecule has 0 bridgehead atoms. The number of thiocarbonyl (C=S) groups is 1. The summed E-state index contributed by atoms with van der Waals surface area (Å²) in [5.41, 5.74) is 2.55. The Morgan fingerprint density at radius 3 is 2.56 bits per heavy atom. The van der Waals surface area contributed by atoms with Crippen molar-refractivity contribution in [1.29, 1.82) is 0 Å². The highest BCUT2D eigenvalue weighted by Gasteiger charge is 2.43. The number of aromatic nitrogens is 1. The number of amides is 1. The molecule has 0 unspecified atom stereocenters. The van der Waals surface area contributed by atoms with Crippen molar-refractivity contribution in [2.45, 2.75) is 25.9 Å². The summed E-state index contributed by atoms with van der Waals surface area (Å²) in [6.07, 6.45) is 1.71. The lowest BCUT2D eigenvalue weighted by atomic mass is 10.0. The number of hydrogen-bond donors (Lipinski definition) is 3. The molecule has 5 rings (SSSR count). The van der Waals surface area contributed by atoms with Crippen molar-refractivity contribution in [2.24, 2.45) is 5.92 Å². The second-order valence-electron chi connectivity index (χ2n) is 9.36. The molecule has 0 radical (unpaired) electrons. The lowest BCUT2D eigenvalue weighted by Crippen LogP contribution is -2.29. The molecular formula is C29H25ClN4O4S. The highest BCUT2D eigenvalue weighted by atomic mass is 35.5. The molecule has 2 atom stereocenters. The van der Waals surface area contributed by atoms with Gasteiger partial charge in [0.25, 0.3) is 0 Å². The Bertz CT molecular complexity index is 1560. The van der Waals surface area contributed by atoms with Crippen LogP contribution in [0.2, 0.25) is 5.02 Å². The second kappa shape index (κ2) is 10.9. The molecule has 1 saturated heterocycles. The van der Waals surface area contributed by atoms with Gasteiger partial charge in [0.2, 0.25) is 5.91 Å². The molecule has 2 aromatic heterocycles. The minimum Gasteiger partial charge on any atom is -0.478 e. The average molecular weight is 561 g/mol. The first-order valence-corrected chi connectivity index (χ1v) is 13.1. The number of carboxylic acids is 1. The van der Waals surface area contributed by atoms with Crippen LogP contribution in [-0.2, 0) is 4.79 Å². The predicted molar refractivity (Wildman–Crippen MR) is 154 cm³/mol. The van der Waals surface area contributed by atoms with E-state index in [9.17, 15) is 14.7 Å². The fourth-order valence-corrected chi connectivity index (χ4v) is 5.06. The van der Waals surface area contributed by atoms with Gasteiger partial charge in [-0.25, -0.2) is 4.79 Å². The summed E-state index contributed by atoms with van der Waals surface area (Å²) in [5.74, 6) is -0.397. The zero-order chi connectivity index (χ0) is 27.7. The molecule has 39 heavy (non-hydrogen) atoms. The molecule has 2 aromatic carbocycles. The molecule has 8 nitrogen and oxygen atoms in total. The number of halogens is 1. The van der Waals surface area contributed by atoms with Gasteiger partial charge < -0.3 is 25.1 Å². The highest BCUT2D eigenvalue weighted by Crippen LogP contribution is 2.44. The first-order valence-electron chi connectivity index (χ1n) is 12.3. The highest BCUT2D eigenvalue weighted by molar-refractivity contribution is 7.80. The molecule has 1 fully saturated rings. The van der Waals surface area contributed by atoms with Crippen molar-refractivity contribution in [1.82, 2.24) is 10.3 Å². The van der Waals surface area contributed by atoms with Crippen LogP contribution >= 0.6 is 23.8 Å². The van der Waals surface area contributed by atoms with Crippen LogP contribution in [0.25, 0.3) is 11.3 Å². The molecular weight excluding hydrogens is 536 g/mol. The zero-order valence-corrected chi connectivity index (χ0v) is 22.7. The molecule has 1 amide bonds. The number of anilines is 2. The number of aromatic carboxylic acids is 1. The van der Waals surface area contributed by atoms with E-state index in [0.29, 0.717) is 38.6 Å². The molecule has 10 heteroatoms. The third kappa shape index (κ3) is 5.23. The van der Waals surface area contributed by atoms with E-state index < -0.39 is 12.0 Å². The van der Waals surface area contributed by atoms with Crippen LogP contribution in [0.15, 0.2) is 83.4 Å². The molecule has 3 N–H and O–H groups in total. The molecule has 0 saturated carbocycles. The molecule has 0 spiro atoms. The number of carboxylic acid groups (broad SMARTS) is 1. The fourth-order valence-electron chi connectivity index (χ4n) is 4.50. The molecule has 4 aromatic rings. The van der Waals surface area contributed by atoms with Gasteiger partial charge in [-0.2, -0.15) is 0 Å². The number of pyridine rings is 1. The zero-order valence-electron chi connectivity index (χ0n) is 21.1. The minimum absolute atomic E-state index is 0.138. The number of furan rings is 1. The first-order chi connectivity index (χ1) is 18.7. The maximum Gasteiger partial charge on any atom is 0.336 e. The van der Waals surface area contributed by atoms with Crippen molar-refractivity contribution in [2.75, 3.05) is 10.2 Å². The van der Waals surface area contributed by atoms with Crippen molar-refractivity contribution in [3.8, 4) is 11.3 Å². The van der Waals surface area contributed by atoms with Crippen LogP contribution in [0.3, 0.4) is 0 Å². The Kier molecular flexibility index (Phi) is 7.36. The Morgan fingerprint density at radius 1 is 1.10 bits per heavy atom. The number of nitrogens with one attached hydrogen (secondary N) is 2. The maximum absolute atomic E-state index is 12.2. The van der Waals surface area contributed by atoms with Crippen molar-refractivity contribution in [3.05, 3.63) is 101 Å².